The molecule has 0 spiro atoms. The summed E-state index contributed by atoms with van der Waals surface area (Å²) in [6.45, 7) is 0. The molecule has 0 amide bonds. The average molecular weight is 208 g/mol. The zero-order chi connectivity index (χ0) is 10.8. The highest BCUT2D eigenvalue weighted by Crippen LogP contribution is 2.31. The lowest BCUT2D eigenvalue weighted by molar-refractivity contribution is -0.145. The molecule has 1 aromatic rings. The van der Waals surface area contributed by atoms with Gasteiger partial charge in [-0.3, -0.25) is 0 Å². The number of benzene rings is 1. The molecule has 1 aliphatic heterocycles. The van der Waals surface area contributed by atoms with Crippen LogP contribution in [0.5, 0.6) is 11.5 Å². The summed E-state index contributed by atoms with van der Waals surface area (Å²) in [4.78, 5) is 10.8. The zero-order valence-electron chi connectivity index (χ0n) is 8.40. The van der Waals surface area contributed by atoms with E-state index in [1.807, 2.05) is 12.1 Å². The predicted octanol–water partition coefficient (Wildman–Crippen LogP) is 1.47. The normalized spacial score (nSPS) is 18.9. The molecule has 0 aliphatic carbocycles. The Kier molecular flexibility index (Phi) is 2.49. The Hall–Kier alpha value is -1.71. The maximum Gasteiger partial charge on any atom is 0.344 e. The largest absolute Gasteiger partial charge is 0.497 e. The van der Waals surface area contributed by atoms with Gasteiger partial charge in [-0.2, -0.15) is 0 Å². The number of aliphatic carboxylic acids is 1. The van der Waals surface area contributed by atoms with Crippen LogP contribution in [0.2, 0.25) is 0 Å². The number of rotatable bonds is 2. The first-order valence-electron chi connectivity index (χ1n) is 4.77. The Balaban J connectivity index is 2.27. The number of carboxylic acid groups (broad SMARTS) is 1. The number of hydrogen-bond acceptors (Lipinski definition) is 3. The number of carbonyl (C=O) groups is 1. The van der Waals surface area contributed by atoms with Crippen molar-refractivity contribution >= 4 is 5.97 Å². The minimum Gasteiger partial charge on any atom is -0.497 e. The van der Waals surface area contributed by atoms with Crippen molar-refractivity contribution in [2.75, 3.05) is 7.11 Å². The fourth-order valence-corrected chi connectivity index (χ4v) is 1.65. The number of methoxy groups -OCH3 is 1. The molecule has 1 N–H and O–H groups in total. The maximum atomic E-state index is 10.8. The summed E-state index contributed by atoms with van der Waals surface area (Å²) in [7, 11) is 1.57. The van der Waals surface area contributed by atoms with Crippen molar-refractivity contribution in [3.05, 3.63) is 23.8 Å². The molecule has 0 saturated carbocycles. The lowest BCUT2D eigenvalue weighted by Gasteiger charge is -2.23. The van der Waals surface area contributed by atoms with Crippen molar-refractivity contribution in [2.45, 2.75) is 18.9 Å². The average Bonchev–Trinajstić information content (AvgIpc) is 2.27. The molecular weight excluding hydrogens is 196 g/mol. The molecular formula is C11H12O4. The van der Waals surface area contributed by atoms with E-state index in [-0.39, 0.29) is 0 Å². The van der Waals surface area contributed by atoms with Gasteiger partial charge in [-0.05, 0) is 24.5 Å². The topological polar surface area (TPSA) is 55.8 Å². The molecule has 0 aromatic heterocycles. The fourth-order valence-electron chi connectivity index (χ4n) is 1.65. The van der Waals surface area contributed by atoms with Gasteiger partial charge in [0, 0.05) is 6.07 Å². The van der Waals surface area contributed by atoms with Gasteiger partial charge >= 0.3 is 5.97 Å². The van der Waals surface area contributed by atoms with Crippen molar-refractivity contribution in [3.63, 3.8) is 0 Å². The van der Waals surface area contributed by atoms with Gasteiger partial charge in [0.2, 0.25) is 0 Å². The van der Waals surface area contributed by atoms with Crippen LogP contribution in [0, 0.1) is 0 Å². The lowest BCUT2D eigenvalue weighted by atomic mass is 10.0. The summed E-state index contributed by atoms with van der Waals surface area (Å²) in [5.41, 5.74) is 1.04. The van der Waals surface area contributed by atoms with Crippen LogP contribution in [-0.2, 0) is 11.2 Å². The summed E-state index contributed by atoms with van der Waals surface area (Å²) in [6.07, 6.45) is 0.523. The number of aryl methyl sites for hydroxylation is 1. The third kappa shape index (κ3) is 1.88. The van der Waals surface area contributed by atoms with Crippen molar-refractivity contribution in [1.82, 2.24) is 0 Å². The minimum atomic E-state index is -0.913. The molecule has 1 aliphatic rings. The molecule has 1 aromatic carbocycles. The fraction of sp³-hybridized carbons (Fsp3) is 0.364. The second-order valence-electron chi connectivity index (χ2n) is 3.46. The summed E-state index contributed by atoms with van der Waals surface area (Å²) in [5.74, 6) is 0.385. The molecule has 4 nitrogen and oxygen atoms in total. The highest BCUT2D eigenvalue weighted by Gasteiger charge is 2.25. The van der Waals surface area contributed by atoms with E-state index < -0.39 is 12.1 Å². The van der Waals surface area contributed by atoms with Gasteiger partial charge in [0.25, 0.3) is 0 Å². The number of carboxylic acids is 1. The molecule has 1 atom stereocenters. The highest BCUT2D eigenvalue weighted by atomic mass is 16.5. The molecule has 4 heteroatoms. The minimum absolute atomic E-state index is 0.522. The first-order valence-corrected chi connectivity index (χ1v) is 4.77. The third-order valence-electron chi connectivity index (χ3n) is 2.49. The van der Waals surface area contributed by atoms with Gasteiger partial charge < -0.3 is 14.6 Å². The lowest BCUT2D eigenvalue weighted by Crippen LogP contribution is -2.30. The SMILES string of the molecule is COc1ccc2c(c1)O[C@@H](C(=O)O)CC2. The van der Waals surface area contributed by atoms with Crippen LogP contribution in [0.25, 0.3) is 0 Å². The van der Waals surface area contributed by atoms with Gasteiger partial charge in [-0.25, -0.2) is 4.79 Å². The van der Waals surface area contributed by atoms with Crippen LogP contribution in [0.4, 0.5) is 0 Å². The van der Waals surface area contributed by atoms with Crippen LogP contribution in [-0.4, -0.2) is 24.3 Å². The van der Waals surface area contributed by atoms with Crippen molar-refractivity contribution in [2.24, 2.45) is 0 Å². The summed E-state index contributed by atoms with van der Waals surface area (Å²) < 4.78 is 10.4. The van der Waals surface area contributed by atoms with Gasteiger partial charge in [-0.1, -0.05) is 6.07 Å². The second kappa shape index (κ2) is 3.81. The van der Waals surface area contributed by atoms with E-state index in [4.69, 9.17) is 14.6 Å². The van der Waals surface area contributed by atoms with Crippen LogP contribution < -0.4 is 9.47 Å². The molecule has 0 unspecified atom stereocenters. The van der Waals surface area contributed by atoms with Gasteiger partial charge in [0.1, 0.15) is 11.5 Å². The van der Waals surface area contributed by atoms with Crippen molar-refractivity contribution in [3.8, 4) is 11.5 Å². The molecule has 1 heterocycles. The third-order valence-corrected chi connectivity index (χ3v) is 2.49. The number of ether oxygens (including phenoxy) is 2. The molecule has 0 fully saturated rings. The highest BCUT2D eigenvalue weighted by molar-refractivity contribution is 5.73. The van der Waals surface area contributed by atoms with E-state index in [0.29, 0.717) is 17.9 Å². The Labute approximate surface area is 87.4 Å². The molecule has 0 radical (unpaired) electrons. The first kappa shape index (κ1) is 9.83. The smallest absolute Gasteiger partial charge is 0.344 e. The van der Waals surface area contributed by atoms with Crippen LogP contribution in [0.3, 0.4) is 0 Å². The van der Waals surface area contributed by atoms with Crippen LogP contribution in [0.1, 0.15) is 12.0 Å². The van der Waals surface area contributed by atoms with Crippen LogP contribution >= 0.6 is 0 Å². The van der Waals surface area contributed by atoms with Gasteiger partial charge in [0.05, 0.1) is 7.11 Å². The van der Waals surface area contributed by atoms with Gasteiger partial charge in [-0.15, -0.1) is 0 Å². The molecule has 2 rings (SSSR count). The summed E-state index contributed by atoms with van der Waals surface area (Å²) >= 11 is 0. The quantitative estimate of drug-likeness (QED) is 0.799. The number of hydrogen-bond donors (Lipinski definition) is 1. The molecule has 80 valence electrons. The maximum absolute atomic E-state index is 10.8. The van der Waals surface area contributed by atoms with Crippen LogP contribution in [0.15, 0.2) is 18.2 Å². The first-order chi connectivity index (χ1) is 7.20. The molecule has 0 saturated heterocycles. The second-order valence-corrected chi connectivity index (χ2v) is 3.46. The van der Waals surface area contributed by atoms with E-state index in [0.717, 1.165) is 12.0 Å². The molecule has 0 bridgehead atoms. The van der Waals surface area contributed by atoms with E-state index in [2.05, 4.69) is 0 Å². The van der Waals surface area contributed by atoms with E-state index >= 15 is 0 Å². The monoisotopic (exact) mass is 208 g/mol. The standard InChI is InChI=1S/C11H12O4/c1-14-8-4-2-7-3-5-9(11(12)13)15-10(7)6-8/h2,4,6,9H,3,5H2,1H3,(H,12,13)/t9-/m1/s1. The summed E-state index contributed by atoms with van der Waals surface area (Å²) in [5, 5.41) is 8.83. The van der Waals surface area contributed by atoms with Crippen molar-refractivity contribution < 1.29 is 19.4 Å². The Morgan fingerprint density at radius 3 is 3.07 bits per heavy atom. The van der Waals surface area contributed by atoms with E-state index in [1.54, 1.807) is 13.2 Å². The van der Waals surface area contributed by atoms with E-state index in [1.165, 1.54) is 0 Å². The van der Waals surface area contributed by atoms with Crippen molar-refractivity contribution in [1.29, 1.82) is 0 Å². The Morgan fingerprint density at radius 2 is 2.40 bits per heavy atom. The Bertz CT molecular complexity index is 386. The predicted molar refractivity (Wildman–Crippen MR) is 53.4 cm³/mol. The summed E-state index contributed by atoms with van der Waals surface area (Å²) in [6, 6.07) is 5.49. The van der Waals surface area contributed by atoms with Gasteiger partial charge in [0.15, 0.2) is 6.10 Å². The number of fused-ring (bicyclic) bond motifs is 1. The molecule has 15 heavy (non-hydrogen) atoms. The van der Waals surface area contributed by atoms with E-state index in [9.17, 15) is 4.79 Å². The Morgan fingerprint density at radius 1 is 1.60 bits per heavy atom. The zero-order valence-corrected chi connectivity index (χ0v) is 8.40.